The van der Waals surface area contributed by atoms with Crippen LogP contribution in [-0.4, -0.2) is 0 Å². The van der Waals surface area contributed by atoms with Gasteiger partial charge >= 0.3 is 0 Å². The molecule has 2 aliphatic carbocycles. The van der Waals surface area contributed by atoms with Gasteiger partial charge in [0, 0.05) is 54.0 Å². The molecule has 0 N–H and O–H groups in total. The minimum Gasteiger partial charge on any atom is -0.456 e. The van der Waals surface area contributed by atoms with Crippen LogP contribution >= 0.6 is 11.3 Å². The summed E-state index contributed by atoms with van der Waals surface area (Å²) in [6, 6.07) is 154. The fraction of sp³-hybridized carbons (Fsp3) is 0.0192. The normalized spacial score (nSPS) is 12.8. The lowest BCUT2D eigenvalue weighted by atomic mass is 9.67. The third kappa shape index (κ3) is 10.6. The number of hydrogen-bond donors (Lipinski definition) is 0. The molecule has 21 rings (SSSR count). The maximum absolute atomic E-state index is 6.74. The molecule has 0 saturated heterocycles. The maximum Gasteiger partial charge on any atom is 0.137 e. The van der Waals surface area contributed by atoms with Gasteiger partial charge in [-0.1, -0.05) is 328 Å². The molecule has 3 nitrogen and oxygen atoms in total. The van der Waals surface area contributed by atoms with Gasteiger partial charge in [-0.05, 0) is 197 Å². The van der Waals surface area contributed by atoms with Crippen molar-refractivity contribution in [2.45, 2.75) is 10.8 Å². The summed E-state index contributed by atoms with van der Waals surface area (Å²) >= 11 is 1.88. The molecule has 0 saturated carbocycles. The third-order valence-electron chi connectivity index (χ3n) is 22.3. The number of furan rings is 1. The van der Waals surface area contributed by atoms with Gasteiger partial charge in [-0.2, -0.15) is 0 Å². The Bertz CT molecular complexity index is 6460. The van der Waals surface area contributed by atoms with E-state index < -0.39 is 10.8 Å². The minimum atomic E-state index is -0.557. The number of fused-ring (bicyclic) bond motifs is 12. The summed E-state index contributed by atoms with van der Waals surface area (Å²) in [4.78, 5) is 4.75. The van der Waals surface area contributed by atoms with Gasteiger partial charge in [0.2, 0.25) is 0 Å². The molecule has 19 aromatic rings. The molecule has 0 amide bonds. The van der Waals surface area contributed by atoms with Crippen molar-refractivity contribution in [2.75, 3.05) is 9.80 Å². The standard InChI is InChI=1S/C55H37NO.C49H33NS/c1-4-16-38(17-5-1)40-30-32-42(33-31-40)55(49-26-12-10-24-46(49)47-25-11-13-27-50(47)55)43-34-35-52-48(37-43)54-51(28-15-29-53(54)57-52)56(44-21-8-3-9-22-44)45-23-14-20-41(36-45)39-18-6-2-7-19-39;1-4-15-34(16-5-1)35-17-14-22-39(31-35)50(38-20-8-3-9-21-38)40-28-30-47-44(33-40)43-29-27-37(32-48(43)51-47)49(36-18-6-2-7-19-36)45-25-12-10-23-41(45)42-24-11-13-26-46(42)49/h1-37H;1-33H. The van der Waals surface area contributed by atoms with Gasteiger partial charge in [0.15, 0.2) is 0 Å². The predicted octanol–water partition coefficient (Wildman–Crippen LogP) is 28.3. The van der Waals surface area contributed by atoms with Gasteiger partial charge in [0.05, 0.1) is 21.9 Å². The Morgan fingerprint density at radius 3 is 1.14 bits per heavy atom. The second kappa shape index (κ2) is 26.8. The average molecular weight is 1400 g/mol. The van der Waals surface area contributed by atoms with E-state index in [9.17, 15) is 0 Å². The molecule has 2 aliphatic rings. The molecule has 2 heterocycles. The highest BCUT2D eigenvalue weighted by molar-refractivity contribution is 7.25. The molecule has 0 fully saturated rings. The van der Waals surface area contributed by atoms with E-state index >= 15 is 0 Å². The highest BCUT2D eigenvalue weighted by Crippen LogP contribution is 2.59. The number of thiophene rings is 1. The van der Waals surface area contributed by atoms with Crippen molar-refractivity contribution in [1.82, 2.24) is 0 Å². The summed E-state index contributed by atoms with van der Waals surface area (Å²) in [5.74, 6) is 0. The number of benzene rings is 17. The fourth-order valence-corrected chi connectivity index (χ4v) is 18.7. The highest BCUT2D eigenvalue weighted by atomic mass is 32.1. The molecule has 0 spiro atoms. The van der Waals surface area contributed by atoms with Gasteiger partial charge in [0.1, 0.15) is 11.2 Å². The van der Waals surface area contributed by atoms with Crippen LogP contribution in [0.25, 0.3) is 97.7 Å². The summed E-state index contributed by atoms with van der Waals surface area (Å²) in [6.45, 7) is 0. The van der Waals surface area contributed by atoms with E-state index in [1.807, 2.05) is 11.3 Å². The Morgan fingerprint density at radius 2 is 0.602 bits per heavy atom. The van der Waals surface area contributed by atoms with Crippen molar-refractivity contribution in [3.63, 3.8) is 0 Å². The first-order chi connectivity index (χ1) is 53.6. The second-order valence-corrected chi connectivity index (χ2v) is 29.2. The first kappa shape index (κ1) is 64.0. The lowest BCUT2D eigenvalue weighted by Crippen LogP contribution is -2.28. The summed E-state index contributed by atoms with van der Waals surface area (Å²) in [6.07, 6.45) is 0. The van der Waals surface area contributed by atoms with Crippen molar-refractivity contribution < 1.29 is 4.42 Å². The lowest BCUT2D eigenvalue weighted by Gasteiger charge is -2.34. The monoisotopic (exact) mass is 1390 g/mol. The molecule has 2 aromatic heterocycles. The Morgan fingerprint density at radius 1 is 0.213 bits per heavy atom. The largest absolute Gasteiger partial charge is 0.456 e. The van der Waals surface area contributed by atoms with Crippen molar-refractivity contribution >= 4 is 87.6 Å². The van der Waals surface area contributed by atoms with Crippen LogP contribution in [-0.2, 0) is 10.8 Å². The number of anilines is 6. The Labute approximate surface area is 633 Å². The van der Waals surface area contributed by atoms with Gasteiger partial charge in [-0.25, -0.2) is 0 Å². The average Bonchev–Trinajstić information content (AvgIpc) is 1.53. The van der Waals surface area contributed by atoms with E-state index in [2.05, 4.69) is 434 Å². The highest BCUT2D eigenvalue weighted by Gasteiger charge is 2.48. The van der Waals surface area contributed by atoms with Gasteiger partial charge in [0.25, 0.3) is 0 Å². The van der Waals surface area contributed by atoms with Crippen LogP contribution in [0.1, 0.15) is 44.5 Å². The molecule has 508 valence electrons. The van der Waals surface area contributed by atoms with Crippen LogP contribution < -0.4 is 9.80 Å². The summed E-state index contributed by atoms with van der Waals surface area (Å²) in [5, 5.41) is 4.73. The molecule has 17 aromatic carbocycles. The van der Waals surface area contributed by atoms with Gasteiger partial charge in [-0.15, -0.1) is 11.3 Å². The molecule has 0 unspecified atom stereocenters. The molecule has 0 atom stereocenters. The van der Waals surface area contributed by atoms with E-state index in [4.69, 9.17) is 4.42 Å². The predicted molar refractivity (Wildman–Crippen MR) is 453 cm³/mol. The minimum absolute atomic E-state index is 0.405. The molecule has 108 heavy (non-hydrogen) atoms. The Hall–Kier alpha value is -13.6. The van der Waals surface area contributed by atoms with Crippen molar-refractivity contribution in [2.24, 2.45) is 0 Å². The number of nitrogens with zero attached hydrogens (tertiary/aromatic N) is 2. The smallest absolute Gasteiger partial charge is 0.137 e. The zero-order chi connectivity index (χ0) is 71.5. The fourth-order valence-electron chi connectivity index (χ4n) is 17.6. The quantitative estimate of drug-likeness (QED) is 0.115. The third-order valence-corrected chi connectivity index (χ3v) is 23.4. The molecule has 0 aliphatic heterocycles. The number of hydrogen-bond acceptors (Lipinski definition) is 4. The van der Waals surface area contributed by atoms with Crippen LogP contribution in [0.2, 0.25) is 0 Å². The topological polar surface area (TPSA) is 19.6 Å². The van der Waals surface area contributed by atoms with Crippen LogP contribution in [0.15, 0.2) is 429 Å². The number of para-hydroxylation sites is 2. The Kier molecular flexibility index (Phi) is 15.9. The molecule has 0 radical (unpaired) electrons. The van der Waals surface area contributed by atoms with E-state index in [-0.39, 0.29) is 0 Å². The van der Waals surface area contributed by atoms with Crippen LogP contribution in [0, 0.1) is 0 Å². The Balaban J connectivity index is 0.000000143. The second-order valence-electron chi connectivity index (χ2n) is 28.1. The SMILES string of the molecule is c1ccc(-c2ccc(C3(c4ccc5oc6cccc(N(c7ccccc7)c7cccc(-c8ccccc8)c7)c6c5c4)c4ccccc4-c4ccccc43)cc2)cc1.c1ccc(-c2cccc(N(c3ccccc3)c3ccc4sc5cc(C6(c7ccccc7)c7ccccc7-c7ccccc76)ccc5c4c3)c2)cc1. The summed E-state index contributed by atoms with van der Waals surface area (Å²) in [5.41, 5.74) is 30.0. The summed E-state index contributed by atoms with van der Waals surface area (Å²) < 4.78 is 9.33. The van der Waals surface area contributed by atoms with Crippen LogP contribution in [0.5, 0.6) is 0 Å². The summed E-state index contributed by atoms with van der Waals surface area (Å²) in [7, 11) is 0. The van der Waals surface area contributed by atoms with E-state index in [1.54, 1.807) is 0 Å². The number of rotatable bonds is 13. The lowest BCUT2D eigenvalue weighted by molar-refractivity contribution is 0.668. The van der Waals surface area contributed by atoms with Crippen molar-refractivity contribution in [3.8, 4) is 55.6 Å². The zero-order valence-electron chi connectivity index (χ0n) is 59.1. The van der Waals surface area contributed by atoms with Crippen LogP contribution in [0.4, 0.5) is 34.1 Å². The van der Waals surface area contributed by atoms with E-state index in [0.717, 1.165) is 56.1 Å². The first-order valence-electron chi connectivity index (χ1n) is 37.1. The van der Waals surface area contributed by atoms with Crippen LogP contribution in [0.3, 0.4) is 0 Å². The maximum atomic E-state index is 6.74. The molecule has 0 bridgehead atoms. The van der Waals surface area contributed by atoms with Crippen molar-refractivity contribution in [3.05, 3.63) is 469 Å². The molecule has 4 heteroatoms. The van der Waals surface area contributed by atoms with Gasteiger partial charge in [-0.3, -0.25) is 0 Å². The first-order valence-corrected chi connectivity index (χ1v) is 37.9. The van der Waals surface area contributed by atoms with Crippen molar-refractivity contribution in [1.29, 1.82) is 0 Å². The van der Waals surface area contributed by atoms with E-state index in [1.165, 1.54) is 120 Å². The van der Waals surface area contributed by atoms with Gasteiger partial charge < -0.3 is 14.2 Å². The molecular formula is C104H70N2OS. The zero-order valence-corrected chi connectivity index (χ0v) is 59.9. The van der Waals surface area contributed by atoms with E-state index in [0.29, 0.717) is 0 Å². The molecular weight excluding hydrogens is 1330 g/mol.